The molecule has 0 atom stereocenters. The minimum absolute atomic E-state index is 0.173. The molecule has 2 aromatic rings. The highest BCUT2D eigenvalue weighted by atomic mass is 79.9. The third-order valence-corrected chi connectivity index (χ3v) is 5.41. The van der Waals surface area contributed by atoms with Crippen LogP contribution in [0.1, 0.15) is 10.4 Å². The molecule has 0 saturated carbocycles. The van der Waals surface area contributed by atoms with Crippen molar-refractivity contribution >= 4 is 60.8 Å². The van der Waals surface area contributed by atoms with E-state index in [9.17, 15) is 18.0 Å². The molecule has 1 amide bonds. The van der Waals surface area contributed by atoms with Crippen LogP contribution in [0.2, 0.25) is 5.02 Å². The maximum atomic E-state index is 12.4. The molecule has 0 unspecified atom stereocenters. The number of amides is 1. The zero-order valence-corrected chi connectivity index (χ0v) is 17.6. The number of carbonyl (C=O) groups excluding carboxylic acids is 2. The number of hydrogen-bond donors (Lipinski definition) is 1. The van der Waals surface area contributed by atoms with Crippen molar-refractivity contribution in [2.75, 3.05) is 29.5 Å². The van der Waals surface area contributed by atoms with Crippen molar-refractivity contribution in [1.82, 2.24) is 0 Å². The number of halogens is 2. The Morgan fingerprint density at radius 1 is 1.22 bits per heavy atom. The summed E-state index contributed by atoms with van der Waals surface area (Å²) >= 11 is 9.32. The minimum Gasteiger partial charge on any atom is -0.465 e. The number of methoxy groups -OCH3 is 1. The number of sulfonamides is 1. The van der Waals surface area contributed by atoms with Gasteiger partial charge in [-0.2, -0.15) is 0 Å². The summed E-state index contributed by atoms with van der Waals surface area (Å²) < 4.78 is 30.5. The van der Waals surface area contributed by atoms with Crippen LogP contribution in [0.3, 0.4) is 0 Å². The lowest BCUT2D eigenvalue weighted by atomic mass is 10.2. The Bertz CT molecular complexity index is 981. The highest BCUT2D eigenvalue weighted by molar-refractivity contribution is 9.10. The van der Waals surface area contributed by atoms with Crippen LogP contribution < -0.4 is 9.62 Å². The van der Waals surface area contributed by atoms with Crippen LogP contribution in [0.5, 0.6) is 0 Å². The van der Waals surface area contributed by atoms with Gasteiger partial charge in [0, 0.05) is 4.47 Å². The Morgan fingerprint density at radius 2 is 1.93 bits per heavy atom. The Labute approximate surface area is 170 Å². The fraction of sp³-hybridized carbons (Fsp3) is 0.176. The average Bonchev–Trinajstić information content (AvgIpc) is 2.60. The molecule has 27 heavy (non-hydrogen) atoms. The number of benzene rings is 2. The zero-order chi connectivity index (χ0) is 20.2. The number of ether oxygens (including phenoxy) is 1. The molecular formula is C17H16BrClN2O5S. The summed E-state index contributed by atoms with van der Waals surface area (Å²) in [4.78, 5) is 24.0. The quantitative estimate of drug-likeness (QED) is 0.647. The van der Waals surface area contributed by atoms with Gasteiger partial charge in [-0.15, -0.1) is 0 Å². The largest absolute Gasteiger partial charge is 0.465 e. The number of nitrogens with zero attached hydrogens (tertiary/aromatic N) is 1. The summed E-state index contributed by atoms with van der Waals surface area (Å²) in [5.74, 6) is -1.21. The standard InChI is InChI=1S/C17H16BrClN2O5S/c1-26-17(23)11-6-7-14(19)15(8-11)20-16(22)10-21(27(2,24)25)13-5-3-4-12(18)9-13/h3-9H,10H2,1-2H3,(H,20,22). The molecule has 0 radical (unpaired) electrons. The SMILES string of the molecule is COC(=O)c1ccc(Cl)c(NC(=O)CN(c2cccc(Br)c2)S(C)(=O)=O)c1. The molecule has 0 bridgehead atoms. The Kier molecular flexibility index (Phi) is 6.85. The predicted molar refractivity (Wildman–Crippen MR) is 108 cm³/mol. The lowest BCUT2D eigenvalue weighted by molar-refractivity contribution is -0.114. The molecule has 0 fully saturated rings. The average molecular weight is 476 g/mol. The molecule has 144 valence electrons. The van der Waals surface area contributed by atoms with Crippen LogP contribution in [-0.4, -0.2) is 40.2 Å². The van der Waals surface area contributed by atoms with Crippen molar-refractivity contribution in [1.29, 1.82) is 0 Å². The summed E-state index contributed by atoms with van der Waals surface area (Å²) in [5.41, 5.74) is 0.702. The second kappa shape index (κ2) is 8.73. The van der Waals surface area contributed by atoms with Crippen LogP contribution in [0.4, 0.5) is 11.4 Å². The van der Waals surface area contributed by atoms with Crippen molar-refractivity contribution in [2.45, 2.75) is 0 Å². The van der Waals surface area contributed by atoms with Crippen molar-refractivity contribution < 1.29 is 22.7 Å². The smallest absolute Gasteiger partial charge is 0.337 e. The topological polar surface area (TPSA) is 92.8 Å². The van der Waals surface area contributed by atoms with E-state index in [2.05, 4.69) is 26.0 Å². The van der Waals surface area contributed by atoms with E-state index in [0.29, 0.717) is 10.2 Å². The first-order valence-corrected chi connectivity index (χ1v) is 10.5. The summed E-state index contributed by atoms with van der Waals surface area (Å²) in [7, 11) is -2.48. The summed E-state index contributed by atoms with van der Waals surface area (Å²) in [6.07, 6.45) is 1.01. The molecule has 7 nitrogen and oxygen atoms in total. The van der Waals surface area contributed by atoms with Crippen LogP contribution in [0, 0.1) is 0 Å². The highest BCUT2D eigenvalue weighted by Crippen LogP contribution is 2.25. The normalized spacial score (nSPS) is 11.0. The van der Waals surface area contributed by atoms with Crippen LogP contribution >= 0.6 is 27.5 Å². The predicted octanol–water partition coefficient (Wildman–Crippen LogP) is 3.29. The van der Waals surface area contributed by atoms with E-state index >= 15 is 0 Å². The molecule has 2 aromatic carbocycles. The van der Waals surface area contributed by atoms with E-state index in [1.165, 1.54) is 25.3 Å². The second-order valence-corrected chi connectivity index (χ2v) is 8.71. The first-order valence-electron chi connectivity index (χ1n) is 7.53. The van der Waals surface area contributed by atoms with Gasteiger partial charge in [-0.1, -0.05) is 33.6 Å². The van der Waals surface area contributed by atoms with Gasteiger partial charge in [-0.25, -0.2) is 13.2 Å². The van der Waals surface area contributed by atoms with Crippen LogP contribution in [0.25, 0.3) is 0 Å². The van der Waals surface area contributed by atoms with E-state index in [-0.39, 0.29) is 16.3 Å². The number of esters is 1. The molecule has 0 saturated heterocycles. The first kappa shape index (κ1) is 21.2. The Hall–Kier alpha value is -2.10. The van der Waals surface area contributed by atoms with Crippen LogP contribution in [-0.2, 0) is 19.6 Å². The lowest BCUT2D eigenvalue weighted by Crippen LogP contribution is -2.37. The maximum absolute atomic E-state index is 12.4. The third kappa shape index (κ3) is 5.69. The van der Waals surface area contributed by atoms with Gasteiger partial charge < -0.3 is 10.1 Å². The molecule has 0 aliphatic carbocycles. The Balaban J connectivity index is 2.26. The molecule has 0 spiro atoms. The monoisotopic (exact) mass is 474 g/mol. The van der Waals surface area contributed by atoms with E-state index in [0.717, 1.165) is 10.6 Å². The highest BCUT2D eigenvalue weighted by Gasteiger charge is 2.22. The van der Waals surface area contributed by atoms with E-state index in [1.54, 1.807) is 24.3 Å². The van der Waals surface area contributed by atoms with Gasteiger partial charge in [0.25, 0.3) is 0 Å². The summed E-state index contributed by atoms with van der Waals surface area (Å²) in [5, 5.41) is 2.72. The molecular weight excluding hydrogens is 460 g/mol. The number of nitrogens with one attached hydrogen (secondary N) is 1. The van der Waals surface area contributed by atoms with Gasteiger partial charge >= 0.3 is 5.97 Å². The van der Waals surface area contributed by atoms with E-state index in [1.807, 2.05) is 0 Å². The van der Waals surface area contributed by atoms with Gasteiger partial charge in [0.1, 0.15) is 6.54 Å². The number of rotatable bonds is 6. The minimum atomic E-state index is -3.71. The molecule has 0 aliphatic heterocycles. The summed E-state index contributed by atoms with van der Waals surface area (Å²) in [6, 6.07) is 10.8. The third-order valence-electron chi connectivity index (χ3n) is 3.45. The second-order valence-electron chi connectivity index (χ2n) is 5.48. The van der Waals surface area contributed by atoms with E-state index < -0.39 is 28.4 Å². The van der Waals surface area contributed by atoms with Crippen molar-refractivity contribution in [2.24, 2.45) is 0 Å². The fourth-order valence-corrected chi connectivity index (χ4v) is 3.62. The van der Waals surface area contributed by atoms with Gasteiger partial charge in [0.2, 0.25) is 15.9 Å². The molecule has 10 heteroatoms. The number of carbonyl (C=O) groups is 2. The first-order chi connectivity index (χ1) is 12.6. The van der Waals surface area contributed by atoms with Gasteiger partial charge in [0.15, 0.2) is 0 Å². The lowest BCUT2D eigenvalue weighted by Gasteiger charge is -2.22. The van der Waals surface area contributed by atoms with Crippen molar-refractivity contribution in [3.63, 3.8) is 0 Å². The van der Waals surface area contributed by atoms with Crippen molar-refractivity contribution in [3.8, 4) is 0 Å². The summed E-state index contributed by atoms with van der Waals surface area (Å²) in [6.45, 7) is -0.464. The Morgan fingerprint density at radius 3 is 2.52 bits per heavy atom. The van der Waals surface area contributed by atoms with Crippen LogP contribution in [0.15, 0.2) is 46.9 Å². The van der Waals surface area contributed by atoms with Gasteiger partial charge in [-0.3, -0.25) is 9.10 Å². The van der Waals surface area contributed by atoms with Gasteiger partial charge in [0.05, 0.1) is 35.3 Å². The zero-order valence-electron chi connectivity index (χ0n) is 14.4. The molecule has 1 N–H and O–H groups in total. The van der Waals surface area contributed by atoms with E-state index in [4.69, 9.17) is 11.6 Å². The fourth-order valence-electron chi connectivity index (χ4n) is 2.22. The number of hydrogen-bond acceptors (Lipinski definition) is 5. The maximum Gasteiger partial charge on any atom is 0.337 e. The number of anilines is 2. The van der Waals surface area contributed by atoms with Gasteiger partial charge in [-0.05, 0) is 36.4 Å². The molecule has 2 rings (SSSR count). The molecule has 0 heterocycles. The molecule has 0 aromatic heterocycles. The molecule has 0 aliphatic rings. The van der Waals surface area contributed by atoms with Crippen molar-refractivity contribution in [3.05, 3.63) is 57.5 Å².